The first kappa shape index (κ1) is 50.1. The first-order chi connectivity index (χ1) is 25.9. The Balaban J connectivity index is 4.47. The molecule has 0 rings (SSSR count). The summed E-state index contributed by atoms with van der Waals surface area (Å²) < 4.78 is 6.00. The van der Waals surface area contributed by atoms with E-state index < -0.39 is 12.0 Å². The van der Waals surface area contributed by atoms with Crippen molar-refractivity contribution in [1.82, 2.24) is 5.32 Å². The number of carboxylic acid groups (broad SMARTS) is 1. The number of rotatable bonds is 38. The summed E-state index contributed by atoms with van der Waals surface area (Å²) in [5.74, 6) is -1.30. The van der Waals surface area contributed by atoms with Crippen LogP contribution < -0.4 is 11.1 Å². The van der Waals surface area contributed by atoms with E-state index in [1.54, 1.807) is 0 Å². The van der Waals surface area contributed by atoms with Crippen molar-refractivity contribution in [3.05, 3.63) is 60.8 Å². The highest BCUT2D eigenvalue weighted by Crippen LogP contribution is 2.17. The maximum absolute atomic E-state index is 12.8. The number of hydrogen-bond donors (Lipinski definition) is 3. The number of allylic oxidation sites excluding steroid dienone is 10. The number of esters is 1. The second-order valence-electron chi connectivity index (χ2n) is 14.4. The minimum absolute atomic E-state index is 0.0692. The number of hydrogen-bond acceptors (Lipinski definition) is 5. The third-order valence-electron chi connectivity index (χ3n) is 9.33. The van der Waals surface area contributed by atoms with Crippen LogP contribution in [0.3, 0.4) is 0 Å². The van der Waals surface area contributed by atoms with Gasteiger partial charge >= 0.3 is 11.9 Å². The number of aliphatic carboxylic acids is 1. The van der Waals surface area contributed by atoms with Crippen molar-refractivity contribution >= 4 is 17.8 Å². The predicted octanol–water partition coefficient (Wildman–Crippen LogP) is 12.2. The topological polar surface area (TPSA) is 119 Å². The fourth-order valence-electron chi connectivity index (χ4n) is 6.08. The van der Waals surface area contributed by atoms with Crippen molar-refractivity contribution in [1.29, 1.82) is 0 Å². The number of carbonyl (C=O) groups is 3. The van der Waals surface area contributed by atoms with Gasteiger partial charge in [-0.15, -0.1) is 0 Å². The molecule has 0 bridgehead atoms. The molecule has 0 fully saturated rings. The Kier molecular flexibility index (Phi) is 38.0. The van der Waals surface area contributed by atoms with Gasteiger partial charge in [0.2, 0.25) is 5.91 Å². The van der Waals surface area contributed by atoms with Gasteiger partial charge in [0.15, 0.2) is 0 Å². The second-order valence-corrected chi connectivity index (χ2v) is 14.4. The van der Waals surface area contributed by atoms with Crippen LogP contribution in [-0.2, 0) is 19.1 Å². The second kappa shape index (κ2) is 40.3. The van der Waals surface area contributed by atoms with Crippen LogP contribution in [0.5, 0.6) is 0 Å². The molecule has 0 aliphatic heterocycles. The fourth-order valence-corrected chi connectivity index (χ4v) is 6.08. The lowest BCUT2D eigenvalue weighted by molar-refractivity contribution is -0.150. The first-order valence-corrected chi connectivity index (χ1v) is 21.6. The van der Waals surface area contributed by atoms with Crippen molar-refractivity contribution in [3.63, 3.8) is 0 Å². The normalized spacial score (nSPS) is 13.3. The molecule has 7 nitrogen and oxygen atoms in total. The Labute approximate surface area is 325 Å². The lowest BCUT2D eigenvalue weighted by Crippen LogP contribution is -2.40. The van der Waals surface area contributed by atoms with Gasteiger partial charge < -0.3 is 20.9 Å². The number of amides is 1. The van der Waals surface area contributed by atoms with Crippen LogP contribution in [0.4, 0.5) is 0 Å². The van der Waals surface area contributed by atoms with Crippen LogP contribution in [-0.4, -0.2) is 41.6 Å². The molecule has 0 aromatic rings. The van der Waals surface area contributed by atoms with E-state index in [0.717, 1.165) is 96.3 Å². The molecule has 4 N–H and O–H groups in total. The van der Waals surface area contributed by atoms with Crippen molar-refractivity contribution in [2.75, 3.05) is 6.54 Å². The molecule has 0 saturated carbocycles. The maximum atomic E-state index is 12.8. The molecule has 0 saturated heterocycles. The Morgan fingerprint density at radius 1 is 0.566 bits per heavy atom. The molecule has 0 aliphatic rings. The summed E-state index contributed by atoms with van der Waals surface area (Å²) >= 11 is 0. The SMILES string of the molecule is CC/C=C\C/C=C\C/C=C\C/C=C\CCC(CCCCCCCC(=O)NC(CCCN)C(=O)O)OC(=O)CCCCCCC/C=C\CCCCCCC. The van der Waals surface area contributed by atoms with E-state index >= 15 is 0 Å². The van der Waals surface area contributed by atoms with E-state index in [2.05, 4.69) is 79.9 Å². The molecule has 7 heteroatoms. The first-order valence-electron chi connectivity index (χ1n) is 21.6. The quantitative estimate of drug-likeness (QED) is 0.0329. The molecule has 304 valence electrons. The van der Waals surface area contributed by atoms with Gasteiger partial charge in [0.05, 0.1) is 0 Å². The minimum atomic E-state index is -1.01. The van der Waals surface area contributed by atoms with Crippen molar-refractivity contribution < 1.29 is 24.2 Å². The van der Waals surface area contributed by atoms with Gasteiger partial charge in [0.1, 0.15) is 12.1 Å². The Bertz CT molecular complexity index is 1020. The monoisotopic (exact) mass is 741 g/mol. The molecule has 0 radical (unpaired) electrons. The van der Waals surface area contributed by atoms with E-state index in [-0.39, 0.29) is 18.0 Å². The lowest BCUT2D eigenvalue weighted by Gasteiger charge is -2.17. The summed E-state index contributed by atoms with van der Waals surface area (Å²) in [5, 5.41) is 11.9. The molecule has 0 spiro atoms. The molecule has 0 aromatic heterocycles. The zero-order valence-electron chi connectivity index (χ0n) is 34.1. The lowest BCUT2D eigenvalue weighted by atomic mass is 10.0. The number of nitrogens with one attached hydrogen (secondary N) is 1. The van der Waals surface area contributed by atoms with Crippen molar-refractivity contribution in [2.45, 2.75) is 206 Å². The van der Waals surface area contributed by atoms with E-state index in [4.69, 9.17) is 10.5 Å². The smallest absolute Gasteiger partial charge is 0.326 e. The summed E-state index contributed by atoms with van der Waals surface area (Å²) in [6.45, 7) is 4.81. The minimum Gasteiger partial charge on any atom is -0.480 e. The summed E-state index contributed by atoms with van der Waals surface area (Å²) in [4.78, 5) is 36.3. The van der Waals surface area contributed by atoms with Crippen LogP contribution in [0.25, 0.3) is 0 Å². The summed E-state index contributed by atoms with van der Waals surface area (Å²) in [6, 6.07) is -0.866. The average Bonchev–Trinajstić information content (AvgIpc) is 3.14. The van der Waals surface area contributed by atoms with Crippen molar-refractivity contribution in [2.24, 2.45) is 5.73 Å². The third kappa shape index (κ3) is 37.2. The Morgan fingerprint density at radius 2 is 1.08 bits per heavy atom. The zero-order chi connectivity index (χ0) is 38.9. The fraction of sp³-hybridized carbons (Fsp3) is 0.717. The van der Waals surface area contributed by atoms with E-state index in [0.29, 0.717) is 32.2 Å². The van der Waals surface area contributed by atoms with Gasteiger partial charge in [0.25, 0.3) is 0 Å². The molecule has 0 aliphatic carbocycles. The molecular formula is C46H80N2O5. The third-order valence-corrected chi connectivity index (χ3v) is 9.33. The zero-order valence-corrected chi connectivity index (χ0v) is 34.1. The van der Waals surface area contributed by atoms with Crippen LogP contribution in [0.2, 0.25) is 0 Å². The molecule has 2 unspecified atom stereocenters. The summed E-state index contributed by atoms with van der Waals surface area (Å²) in [5.41, 5.74) is 5.48. The van der Waals surface area contributed by atoms with Gasteiger partial charge in [-0.25, -0.2) is 4.79 Å². The van der Waals surface area contributed by atoms with Crippen LogP contribution in [0.1, 0.15) is 194 Å². The van der Waals surface area contributed by atoms with Crippen LogP contribution >= 0.6 is 0 Å². The molecule has 0 heterocycles. The van der Waals surface area contributed by atoms with E-state index in [1.807, 2.05) is 0 Å². The van der Waals surface area contributed by atoms with Crippen molar-refractivity contribution in [3.8, 4) is 0 Å². The standard InChI is InChI=1S/C46H80N2O5/c1-3-5-7-9-11-13-15-17-19-21-23-25-30-34-40-45(50)53-42(36-31-27-24-22-20-18-16-14-12-10-8-6-4-2)37-32-28-26-29-33-39-44(49)48-43(46(51)52)38-35-41-47/h6,8,12,14-15,17-18,20,24,27,42-43H,3-5,7,9-11,13,16,19,21-23,25-26,28-41,47H2,1-2H3,(H,48,49)(H,51,52)/b8-6-,14-12-,17-15-,20-18-,27-24-. The van der Waals surface area contributed by atoms with Gasteiger partial charge in [-0.2, -0.15) is 0 Å². The van der Waals surface area contributed by atoms with Crippen LogP contribution in [0.15, 0.2) is 60.8 Å². The van der Waals surface area contributed by atoms with E-state index in [9.17, 15) is 19.5 Å². The number of carbonyl (C=O) groups excluding carboxylic acids is 2. The van der Waals surface area contributed by atoms with Gasteiger partial charge in [-0.05, 0) is 109 Å². The van der Waals surface area contributed by atoms with Crippen LogP contribution in [0, 0.1) is 0 Å². The number of unbranched alkanes of at least 4 members (excludes halogenated alkanes) is 14. The Hall–Kier alpha value is -2.93. The molecule has 0 aromatic carbocycles. The van der Waals surface area contributed by atoms with Gasteiger partial charge in [0, 0.05) is 12.8 Å². The number of carboxylic acids is 1. The van der Waals surface area contributed by atoms with Gasteiger partial charge in [-0.1, -0.05) is 139 Å². The maximum Gasteiger partial charge on any atom is 0.326 e. The van der Waals surface area contributed by atoms with Gasteiger partial charge in [-0.3, -0.25) is 9.59 Å². The molecule has 1 amide bonds. The highest BCUT2D eigenvalue weighted by Gasteiger charge is 2.19. The summed E-state index contributed by atoms with van der Waals surface area (Å²) in [6.07, 6.45) is 49.8. The molecule has 2 atom stereocenters. The number of ether oxygens (including phenoxy) is 1. The highest BCUT2D eigenvalue weighted by atomic mass is 16.5. The largest absolute Gasteiger partial charge is 0.480 e. The average molecular weight is 741 g/mol. The molecular weight excluding hydrogens is 661 g/mol. The highest BCUT2D eigenvalue weighted by molar-refractivity contribution is 5.83. The predicted molar refractivity (Wildman–Crippen MR) is 225 cm³/mol. The molecule has 53 heavy (non-hydrogen) atoms. The summed E-state index contributed by atoms with van der Waals surface area (Å²) in [7, 11) is 0. The van der Waals surface area contributed by atoms with E-state index in [1.165, 1.54) is 57.8 Å². The number of nitrogens with two attached hydrogens (primary N) is 1. The Morgan fingerprint density at radius 3 is 1.66 bits per heavy atom.